The average molecular weight is 211 g/mol. The molecule has 1 rings (SSSR count). The summed E-state index contributed by atoms with van der Waals surface area (Å²) in [7, 11) is 0. The summed E-state index contributed by atoms with van der Waals surface area (Å²) in [5.74, 6) is 0.498. The van der Waals surface area contributed by atoms with Gasteiger partial charge >= 0.3 is 6.09 Å². The van der Waals surface area contributed by atoms with Gasteiger partial charge in [-0.15, -0.1) is 0 Å². The van der Waals surface area contributed by atoms with E-state index in [9.17, 15) is 4.79 Å². The van der Waals surface area contributed by atoms with Crippen LogP contribution in [0.15, 0.2) is 12.2 Å². The van der Waals surface area contributed by atoms with E-state index in [-0.39, 0.29) is 6.09 Å². The average Bonchev–Trinajstić information content (AvgIpc) is 2.74. The standard InChI is InChI=1S/C12H21NO2/c1-6-13(8-10-7-9(10)2)11(14)15-12(3,4)5/h10H,2,6-8H2,1,3-5H3. The molecule has 1 aliphatic rings. The predicted molar refractivity (Wildman–Crippen MR) is 60.7 cm³/mol. The molecule has 1 fully saturated rings. The molecular weight excluding hydrogens is 190 g/mol. The predicted octanol–water partition coefficient (Wildman–Crippen LogP) is 2.82. The van der Waals surface area contributed by atoms with Crippen molar-refractivity contribution in [3.63, 3.8) is 0 Å². The molecule has 0 radical (unpaired) electrons. The third-order valence-corrected chi connectivity index (χ3v) is 2.40. The van der Waals surface area contributed by atoms with Crippen LogP contribution in [0.3, 0.4) is 0 Å². The Morgan fingerprint density at radius 2 is 2.13 bits per heavy atom. The molecule has 86 valence electrons. The van der Waals surface area contributed by atoms with Crippen molar-refractivity contribution in [2.75, 3.05) is 13.1 Å². The summed E-state index contributed by atoms with van der Waals surface area (Å²) in [6, 6.07) is 0. The molecule has 0 saturated heterocycles. The van der Waals surface area contributed by atoms with Crippen LogP contribution in [-0.4, -0.2) is 29.7 Å². The monoisotopic (exact) mass is 211 g/mol. The topological polar surface area (TPSA) is 29.5 Å². The van der Waals surface area contributed by atoms with Gasteiger partial charge in [-0.1, -0.05) is 12.2 Å². The molecule has 0 aromatic rings. The van der Waals surface area contributed by atoms with E-state index in [1.54, 1.807) is 4.90 Å². The van der Waals surface area contributed by atoms with Crippen LogP contribution >= 0.6 is 0 Å². The van der Waals surface area contributed by atoms with E-state index in [0.29, 0.717) is 12.5 Å². The SMILES string of the molecule is C=C1CC1CN(CC)C(=O)OC(C)(C)C. The van der Waals surface area contributed by atoms with E-state index in [4.69, 9.17) is 4.74 Å². The first kappa shape index (κ1) is 12.1. The molecule has 0 bridgehead atoms. The van der Waals surface area contributed by atoms with Gasteiger partial charge < -0.3 is 9.64 Å². The van der Waals surface area contributed by atoms with Crippen molar-refractivity contribution in [2.45, 2.75) is 39.7 Å². The van der Waals surface area contributed by atoms with Crippen molar-refractivity contribution in [3.05, 3.63) is 12.2 Å². The molecule has 3 heteroatoms. The third kappa shape index (κ3) is 3.94. The zero-order valence-corrected chi connectivity index (χ0v) is 10.2. The zero-order chi connectivity index (χ0) is 11.6. The van der Waals surface area contributed by atoms with Gasteiger partial charge in [0.2, 0.25) is 0 Å². The van der Waals surface area contributed by atoms with Crippen LogP contribution in [0.4, 0.5) is 4.79 Å². The second-order valence-electron chi connectivity index (χ2n) is 5.08. The van der Waals surface area contributed by atoms with Crippen LogP contribution in [0.1, 0.15) is 34.1 Å². The summed E-state index contributed by atoms with van der Waals surface area (Å²) in [5.41, 5.74) is 0.836. The summed E-state index contributed by atoms with van der Waals surface area (Å²) in [5, 5.41) is 0. The Morgan fingerprint density at radius 1 is 1.60 bits per heavy atom. The Morgan fingerprint density at radius 3 is 2.47 bits per heavy atom. The van der Waals surface area contributed by atoms with Gasteiger partial charge in [0.25, 0.3) is 0 Å². The number of nitrogens with zero attached hydrogens (tertiary/aromatic N) is 1. The van der Waals surface area contributed by atoms with Crippen LogP contribution < -0.4 is 0 Å². The fourth-order valence-electron chi connectivity index (χ4n) is 1.38. The maximum Gasteiger partial charge on any atom is 0.410 e. The first-order valence-electron chi connectivity index (χ1n) is 5.49. The fraction of sp³-hybridized carbons (Fsp3) is 0.750. The number of amides is 1. The molecule has 0 N–H and O–H groups in total. The Bertz CT molecular complexity index is 265. The number of carbonyl (C=O) groups is 1. The molecule has 1 unspecified atom stereocenters. The van der Waals surface area contributed by atoms with E-state index in [0.717, 1.165) is 13.0 Å². The highest BCUT2D eigenvalue weighted by Gasteiger charge is 2.31. The second-order valence-corrected chi connectivity index (χ2v) is 5.08. The summed E-state index contributed by atoms with van der Waals surface area (Å²) < 4.78 is 5.31. The van der Waals surface area contributed by atoms with Crippen LogP contribution in [-0.2, 0) is 4.74 Å². The molecule has 3 nitrogen and oxygen atoms in total. The summed E-state index contributed by atoms with van der Waals surface area (Å²) in [6.45, 7) is 13.0. The molecule has 0 aromatic heterocycles. The lowest BCUT2D eigenvalue weighted by atomic mass is 10.2. The van der Waals surface area contributed by atoms with Crippen molar-refractivity contribution in [3.8, 4) is 0 Å². The van der Waals surface area contributed by atoms with Crippen molar-refractivity contribution in [2.24, 2.45) is 5.92 Å². The third-order valence-electron chi connectivity index (χ3n) is 2.40. The summed E-state index contributed by atoms with van der Waals surface area (Å²) in [4.78, 5) is 13.5. The van der Waals surface area contributed by atoms with Crippen LogP contribution in [0, 0.1) is 5.92 Å². The number of ether oxygens (including phenoxy) is 1. The molecule has 1 atom stereocenters. The van der Waals surface area contributed by atoms with E-state index < -0.39 is 5.60 Å². The Hall–Kier alpha value is -0.990. The van der Waals surface area contributed by atoms with Gasteiger partial charge in [-0.25, -0.2) is 4.79 Å². The molecular formula is C12H21NO2. The molecule has 0 aliphatic heterocycles. The molecule has 0 spiro atoms. The number of hydrogen-bond acceptors (Lipinski definition) is 2. The van der Waals surface area contributed by atoms with Crippen LogP contribution in [0.5, 0.6) is 0 Å². The van der Waals surface area contributed by atoms with Gasteiger partial charge in [0, 0.05) is 19.0 Å². The fourth-order valence-corrected chi connectivity index (χ4v) is 1.38. The molecule has 1 aliphatic carbocycles. The second kappa shape index (κ2) is 4.25. The minimum atomic E-state index is -0.412. The maximum absolute atomic E-state index is 11.7. The van der Waals surface area contributed by atoms with Gasteiger partial charge in [-0.05, 0) is 34.1 Å². The first-order valence-corrected chi connectivity index (χ1v) is 5.49. The lowest BCUT2D eigenvalue weighted by molar-refractivity contribution is 0.0254. The summed E-state index contributed by atoms with van der Waals surface area (Å²) >= 11 is 0. The summed E-state index contributed by atoms with van der Waals surface area (Å²) in [6.07, 6.45) is 0.837. The molecule has 1 amide bonds. The molecule has 15 heavy (non-hydrogen) atoms. The number of carbonyl (C=O) groups excluding carboxylic acids is 1. The van der Waals surface area contributed by atoms with E-state index in [1.807, 2.05) is 27.7 Å². The van der Waals surface area contributed by atoms with Crippen molar-refractivity contribution >= 4 is 6.09 Å². The van der Waals surface area contributed by atoms with Crippen molar-refractivity contribution < 1.29 is 9.53 Å². The Labute approximate surface area is 92.1 Å². The lowest BCUT2D eigenvalue weighted by Crippen LogP contribution is -2.37. The van der Waals surface area contributed by atoms with E-state index in [1.165, 1.54) is 5.57 Å². The molecule has 0 heterocycles. The molecule has 1 saturated carbocycles. The van der Waals surface area contributed by atoms with Crippen molar-refractivity contribution in [1.29, 1.82) is 0 Å². The highest BCUT2D eigenvalue weighted by molar-refractivity contribution is 5.68. The quantitative estimate of drug-likeness (QED) is 0.672. The Balaban J connectivity index is 2.43. The first-order chi connectivity index (χ1) is 6.83. The number of hydrogen-bond donors (Lipinski definition) is 0. The smallest absolute Gasteiger partial charge is 0.410 e. The highest BCUT2D eigenvalue weighted by Crippen LogP contribution is 2.36. The van der Waals surface area contributed by atoms with Gasteiger partial charge in [0.05, 0.1) is 0 Å². The minimum absolute atomic E-state index is 0.218. The zero-order valence-electron chi connectivity index (χ0n) is 10.2. The molecule has 0 aromatic carbocycles. The van der Waals surface area contributed by atoms with Crippen LogP contribution in [0.2, 0.25) is 0 Å². The van der Waals surface area contributed by atoms with E-state index >= 15 is 0 Å². The largest absolute Gasteiger partial charge is 0.444 e. The van der Waals surface area contributed by atoms with Gasteiger partial charge in [-0.3, -0.25) is 0 Å². The minimum Gasteiger partial charge on any atom is -0.444 e. The van der Waals surface area contributed by atoms with E-state index in [2.05, 4.69) is 6.58 Å². The van der Waals surface area contributed by atoms with Crippen molar-refractivity contribution in [1.82, 2.24) is 4.90 Å². The lowest BCUT2D eigenvalue weighted by Gasteiger charge is -2.26. The van der Waals surface area contributed by atoms with Gasteiger partial charge in [-0.2, -0.15) is 0 Å². The maximum atomic E-state index is 11.7. The normalized spacial score (nSPS) is 20.0. The van der Waals surface area contributed by atoms with Gasteiger partial charge in [0.1, 0.15) is 5.60 Å². The van der Waals surface area contributed by atoms with Gasteiger partial charge in [0.15, 0.2) is 0 Å². The number of rotatable bonds is 3. The van der Waals surface area contributed by atoms with Crippen LogP contribution in [0.25, 0.3) is 0 Å². The highest BCUT2D eigenvalue weighted by atomic mass is 16.6. The Kier molecular flexibility index (Phi) is 3.42.